The molecule has 1 fully saturated rings. The van der Waals surface area contributed by atoms with Crippen molar-refractivity contribution in [2.75, 3.05) is 6.61 Å². The number of halogens is 4. The van der Waals surface area contributed by atoms with Crippen LogP contribution in [0.2, 0.25) is 0 Å². The lowest BCUT2D eigenvalue weighted by Crippen LogP contribution is -2.42. The summed E-state index contributed by atoms with van der Waals surface area (Å²) >= 11 is 0. The van der Waals surface area contributed by atoms with E-state index in [1.807, 2.05) is 0 Å². The molecular weight excluding hydrogens is 352 g/mol. The first-order valence-electron chi connectivity index (χ1n) is 8.05. The number of ether oxygens (including phenoxy) is 1. The van der Waals surface area contributed by atoms with Crippen molar-refractivity contribution in [3.8, 4) is 16.9 Å². The van der Waals surface area contributed by atoms with E-state index < -0.39 is 30.0 Å². The number of carbonyl (C=O) groups is 1. The Bertz CT molecular complexity index is 809. The number of aliphatic carboxylic acids is 1. The van der Waals surface area contributed by atoms with E-state index >= 15 is 0 Å². The van der Waals surface area contributed by atoms with Gasteiger partial charge in [0.2, 0.25) is 0 Å². The van der Waals surface area contributed by atoms with Crippen molar-refractivity contribution in [1.82, 2.24) is 0 Å². The molecule has 0 aromatic heterocycles. The van der Waals surface area contributed by atoms with Crippen LogP contribution in [0.3, 0.4) is 0 Å². The normalized spacial score (nSPS) is 16.0. The van der Waals surface area contributed by atoms with Gasteiger partial charge in [-0.25, -0.2) is 4.39 Å². The molecule has 7 heteroatoms. The second-order valence-corrected chi connectivity index (χ2v) is 6.36. The average Bonchev–Trinajstić information content (AvgIpc) is 2.52. The van der Waals surface area contributed by atoms with E-state index in [-0.39, 0.29) is 5.75 Å². The maximum Gasteiger partial charge on any atom is 0.422 e. The predicted molar refractivity (Wildman–Crippen MR) is 86.6 cm³/mol. The molecule has 0 saturated heterocycles. The molecule has 0 spiro atoms. The van der Waals surface area contributed by atoms with Crippen molar-refractivity contribution in [1.29, 1.82) is 0 Å². The third-order valence-electron chi connectivity index (χ3n) is 4.70. The number of alkyl halides is 3. The molecule has 0 aliphatic heterocycles. The van der Waals surface area contributed by atoms with Gasteiger partial charge in [0.25, 0.3) is 0 Å². The third-order valence-corrected chi connectivity index (χ3v) is 4.70. The van der Waals surface area contributed by atoms with E-state index in [9.17, 15) is 27.5 Å². The summed E-state index contributed by atoms with van der Waals surface area (Å²) in [6, 6.07) is 9.73. The van der Waals surface area contributed by atoms with Crippen molar-refractivity contribution in [2.45, 2.75) is 30.9 Å². The van der Waals surface area contributed by atoms with Gasteiger partial charge in [-0.2, -0.15) is 13.2 Å². The Morgan fingerprint density at radius 1 is 1.12 bits per heavy atom. The second kappa shape index (κ2) is 6.63. The van der Waals surface area contributed by atoms with Gasteiger partial charge in [-0.05, 0) is 42.2 Å². The number of benzene rings is 2. The van der Waals surface area contributed by atoms with Crippen LogP contribution in [0.5, 0.6) is 5.75 Å². The third kappa shape index (κ3) is 3.52. The van der Waals surface area contributed by atoms with Crippen LogP contribution < -0.4 is 4.74 Å². The van der Waals surface area contributed by atoms with E-state index in [1.54, 1.807) is 6.07 Å². The monoisotopic (exact) mass is 368 g/mol. The molecule has 1 saturated carbocycles. The highest BCUT2D eigenvalue weighted by Gasteiger charge is 2.46. The molecule has 138 valence electrons. The molecule has 26 heavy (non-hydrogen) atoms. The molecule has 0 amide bonds. The smallest absolute Gasteiger partial charge is 0.422 e. The van der Waals surface area contributed by atoms with Gasteiger partial charge in [0.1, 0.15) is 11.6 Å². The Balaban J connectivity index is 2.03. The zero-order valence-electron chi connectivity index (χ0n) is 13.6. The summed E-state index contributed by atoms with van der Waals surface area (Å²) in [7, 11) is 0. The van der Waals surface area contributed by atoms with E-state index in [0.717, 1.165) is 6.42 Å². The minimum Gasteiger partial charge on any atom is -0.483 e. The Morgan fingerprint density at radius 3 is 2.27 bits per heavy atom. The van der Waals surface area contributed by atoms with E-state index in [1.165, 1.54) is 36.4 Å². The van der Waals surface area contributed by atoms with Crippen molar-refractivity contribution >= 4 is 5.97 Å². The van der Waals surface area contributed by atoms with Crippen LogP contribution >= 0.6 is 0 Å². The summed E-state index contributed by atoms with van der Waals surface area (Å²) in [4.78, 5) is 11.7. The second-order valence-electron chi connectivity index (χ2n) is 6.36. The minimum atomic E-state index is -4.53. The van der Waals surface area contributed by atoms with Gasteiger partial charge in [-0.15, -0.1) is 0 Å². The molecule has 1 aliphatic rings. The molecule has 3 rings (SSSR count). The minimum absolute atomic E-state index is 0.0704. The predicted octanol–water partition coefficient (Wildman–Crippen LogP) is 4.94. The lowest BCUT2D eigenvalue weighted by atomic mass is 9.64. The molecule has 0 unspecified atom stereocenters. The van der Waals surface area contributed by atoms with Crippen LogP contribution in [-0.4, -0.2) is 23.9 Å². The Kier molecular flexibility index (Phi) is 4.64. The highest BCUT2D eigenvalue weighted by Crippen LogP contribution is 2.46. The fourth-order valence-corrected chi connectivity index (χ4v) is 3.12. The lowest BCUT2D eigenvalue weighted by Gasteiger charge is -2.38. The SMILES string of the molecule is O=C(O)C1(c2ccc(-c3ccc(F)cc3)c(OCC(F)(F)F)c2)CCC1. The number of rotatable bonds is 5. The molecule has 2 aromatic carbocycles. The van der Waals surface area contributed by atoms with Crippen LogP contribution in [0.25, 0.3) is 11.1 Å². The molecule has 3 nitrogen and oxygen atoms in total. The number of hydrogen-bond acceptors (Lipinski definition) is 2. The highest BCUT2D eigenvalue weighted by molar-refractivity contribution is 5.83. The largest absolute Gasteiger partial charge is 0.483 e. The van der Waals surface area contributed by atoms with Gasteiger partial charge in [0.05, 0.1) is 5.41 Å². The highest BCUT2D eigenvalue weighted by atomic mass is 19.4. The fraction of sp³-hybridized carbons (Fsp3) is 0.316. The molecule has 0 atom stereocenters. The first kappa shape index (κ1) is 18.2. The lowest BCUT2D eigenvalue weighted by molar-refractivity contribution is -0.153. The van der Waals surface area contributed by atoms with E-state index in [4.69, 9.17) is 4.74 Å². The van der Waals surface area contributed by atoms with Gasteiger partial charge in [-0.1, -0.05) is 30.7 Å². The van der Waals surface area contributed by atoms with Gasteiger partial charge >= 0.3 is 12.1 Å². The maximum atomic E-state index is 13.1. The number of hydrogen-bond donors (Lipinski definition) is 1. The van der Waals surface area contributed by atoms with Crippen LogP contribution in [0.1, 0.15) is 24.8 Å². The average molecular weight is 368 g/mol. The zero-order valence-corrected chi connectivity index (χ0v) is 13.6. The van der Waals surface area contributed by atoms with Crippen molar-refractivity contribution < 1.29 is 32.2 Å². The van der Waals surface area contributed by atoms with Crippen LogP contribution in [0.4, 0.5) is 17.6 Å². The first-order chi connectivity index (χ1) is 12.2. The summed E-state index contributed by atoms with van der Waals surface area (Å²) < 4.78 is 55.9. The molecule has 2 aromatic rings. The summed E-state index contributed by atoms with van der Waals surface area (Å²) in [6.07, 6.45) is -2.93. The molecule has 0 radical (unpaired) electrons. The summed E-state index contributed by atoms with van der Waals surface area (Å²) in [5, 5.41) is 9.54. The maximum absolute atomic E-state index is 13.1. The number of carboxylic acid groups (broad SMARTS) is 1. The van der Waals surface area contributed by atoms with Gasteiger partial charge in [0.15, 0.2) is 6.61 Å². The molecule has 1 N–H and O–H groups in total. The van der Waals surface area contributed by atoms with E-state index in [0.29, 0.717) is 29.5 Å². The van der Waals surface area contributed by atoms with Crippen LogP contribution in [0.15, 0.2) is 42.5 Å². The Labute approximate surface area is 147 Å². The summed E-state index contributed by atoms with van der Waals surface area (Å²) in [5.74, 6) is -1.54. The first-order valence-corrected chi connectivity index (χ1v) is 8.05. The molecular formula is C19H16F4O3. The topological polar surface area (TPSA) is 46.5 Å². The van der Waals surface area contributed by atoms with Gasteiger partial charge < -0.3 is 9.84 Å². The van der Waals surface area contributed by atoms with Crippen LogP contribution in [0, 0.1) is 5.82 Å². The van der Waals surface area contributed by atoms with Crippen molar-refractivity contribution in [3.05, 3.63) is 53.8 Å². The van der Waals surface area contributed by atoms with Crippen molar-refractivity contribution in [2.24, 2.45) is 0 Å². The standard InChI is InChI=1S/C19H16F4O3/c20-14-5-2-12(3-6-14)15-7-4-13(18(17(24)25)8-1-9-18)10-16(15)26-11-19(21,22)23/h2-7,10H,1,8-9,11H2,(H,24,25). The zero-order chi connectivity index (χ0) is 18.9. The van der Waals surface area contributed by atoms with E-state index in [2.05, 4.69) is 0 Å². The van der Waals surface area contributed by atoms with Crippen LogP contribution in [-0.2, 0) is 10.2 Å². The van der Waals surface area contributed by atoms with Crippen molar-refractivity contribution in [3.63, 3.8) is 0 Å². The molecule has 0 bridgehead atoms. The molecule has 1 aliphatic carbocycles. The quantitative estimate of drug-likeness (QED) is 0.761. The Hall–Kier alpha value is -2.57. The molecule has 0 heterocycles. The van der Waals surface area contributed by atoms with Gasteiger partial charge in [-0.3, -0.25) is 4.79 Å². The summed E-state index contributed by atoms with van der Waals surface area (Å²) in [5.41, 5.74) is 0.155. The number of carboxylic acids is 1. The Morgan fingerprint density at radius 2 is 1.77 bits per heavy atom. The van der Waals surface area contributed by atoms with Gasteiger partial charge in [0, 0.05) is 5.56 Å². The fourth-order valence-electron chi connectivity index (χ4n) is 3.12. The summed E-state index contributed by atoms with van der Waals surface area (Å²) in [6.45, 7) is -1.50.